The lowest BCUT2D eigenvalue weighted by Crippen LogP contribution is -2.48. The van der Waals surface area contributed by atoms with Gasteiger partial charge in [0.1, 0.15) is 0 Å². The minimum absolute atomic E-state index is 0.0657. The molecule has 1 aromatic carbocycles. The summed E-state index contributed by atoms with van der Waals surface area (Å²) in [7, 11) is 0. The lowest BCUT2D eigenvalue weighted by atomic mass is 10.0. The van der Waals surface area contributed by atoms with Crippen molar-refractivity contribution in [2.24, 2.45) is 0 Å². The first kappa shape index (κ1) is 18.5. The van der Waals surface area contributed by atoms with Crippen molar-refractivity contribution in [3.8, 4) is 0 Å². The van der Waals surface area contributed by atoms with Gasteiger partial charge < -0.3 is 4.90 Å². The van der Waals surface area contributed by atoms with Gasteiger partial charge in [0.2, 0.25) is 5.78 Å². The molecule has 142 valence electrons. The molecule has 0 bridgehead atoms. The highest BCUT2D eigenvalue weighted by Gasteiger charge is 2.26. The number of carbonyl (C=O) groups is 2. The first-order valence-electron chi connectivity index (χ1n) is 9.30. The lowest BCUT2D eigenvalue weighted by molar-refractivity contribution is 0.0625. The van der Waals surface area contributed by atoms with Crippen molar-refractivity contribution in [3.63, 3.8) is 0 Å². The van der Waals surface area contributed by atoms with Crippen LogP contribution in [0.5, 0.6) is 0 Å². The molecule has 0 unspecified atom stereocenters. The highest BCUT2D eigenvalue weighted by atomic mass is 32.1. The van der Waals surface area contributed by atoms with Crippen LogP contribution in [0.15, 0.2) is 66.3 Å². The molecule has 1 saturated heterocycles. The van der Waals surface area contributed by atoms with E-state index < -0.39 is 0 Å². The summed E-state index contributed by atoms with van der Waals surface area (Å²) < 4.78 is 0. The van der Waals surface area contributed by atoms with E-state index in [9.17, 15) is 9.59 Å². The minimum Gasteiger partial charge on any atom is -0.336 e. The third kappa shape index (κ3) is 4.03. The van der Waals surface area contributed by atoms with Crippen molar-refractivity contribution in [2.75, 3.05) is 26.2 Å². The maximum atomic E-state index is 13.1. The Labute approximate surface area is 168 Å². The predicted octanol–water partition coefficient (Wildman–Crippen LogP) is 3.33. The second-order valence-corrected chi connectivity index (χ2v) is 7.72. The third-order valence-electron chi connectivity index (χ3n) is 4.96. The van der Waals surface area contributed by atoms with Gasteiger partial charge in [-0.1, -0.05) is 24.3 Å². The standard InChI is InChI=1S/C22H21N3O2S/c26-21(20-6-3-15-28-20)18-4-1-2-5-19(18)22(27)25-13-11-24(12-14-25)16-17-7-9-23-10-8-17/h1-10,15H,11-14,16H2. The van der Waals surface area contributed by atoms with Crippen molar-refractivity contribution in [2.45, 2.75) is 6.54 Å². The van der Waals surface area contributed by atoms with Crippen LogP contribution in [0.2, 0.25) is 0 Å². The van der Waals surface area contributed by atoms with E-state index in [0.29, 0.717) is 29.1 Å². The average molecular weight is 391 g/mol. The van der Waals surface area contributed by atoms with Gasteiger partial charge in [-0.25, -0.2) is 0 Å². The molecule has 0 atom stereocenters. The Kier molecular flexibility index (Phi) is 5.60. The van der Waals surface area contributed by atoms with E-state index in [1.807, 2.05) is 40.6 Å². The van der Waals surface area contributed by atoms with Crippen LogP contribution >= 0.6 is 11.3 Å². The SMILES string of the molecule is O=C(c1cccs1)c1ccccc1C(=O)N1CCN(Cc2ccncc2)CC1. The molecule has 6 heteroatoms. The third-order valence-corrected chi connectivity index (χ3v) is 5.83. The molecule has 0 N–H and O–H groups in total. The molecule has 1 aliphatic heterocycles. The Morgan fingerprint density at radius 1 is 0.893 bits per heavy atom. The molecule has 2 aromatic heterocycles. The molecule has 0 aliphatic carbocycles. The summed E-state index contributed by atoms with van der Waals surface area (Å²) in [6, 6.07) is 14.8. The maximum absolute atomic E-state index is 13.1. The van der Waals surface area contributed by atoms with Gasteiger partial charge in [0.05, 0.1) is 10.4 Å². The predicted molar refractivity (Wildman–Crippen MR) is 110 cm³/mol. The zero-order chi connectivity index (χ0) is 19.3. The zero-order valence-electron chi connectivity index (χ0n) is 15.5. The summed E-state index contributed by atoms with van der Waals surface area (Å²) in [6.07, 6.45) is 3.60. The number of aromatic nitrogens is 1. The number of benzene rings is 1. The Morgan fingerprint density at radius 2 is 1.61 bits per heavy atom. The van der Waals surface area contributed by atoms with E-state index in [1.54, 1.807) is 30.6 Å². The van der Waals surface area contributed by atoms with Crippen LogP contribution in [0.1, 0.15) is 31.2 Å². The zero-order valence-corrected chi connectivity index (χ0v) is 16.3. The smallest absolute Gasteiger partial charge is 0.254 e. The van der Waals surface area contributed by atoms with Crippen LogP contribution < -0.4 is 0 Å². The molecule has 0 radical (unpaired) electrons. The second-order valence-electron chi connectivity index (χ2n) is 6.78. The first-order valence-corrected chi connectivity index (χ1v) is 10.2. The number of pyridine rings is 1. The molecule has 0 saturated carbocycles. The molecule has 5 nitrogen and oxygen atoms in total. The topological polar surface area (TPSA) is 53.5 Å². The molecule has 3 heterocycles. The quantitative estimate of drug-likeness (QED) is 0.626. The van der Waals surface area contributed by atoms with E-state index in [0.717, 1.165) is 19.6 Å². The average Bonchev–Trinajstić information content (AvgIpc) is 3.29. The Morgan fingerprint density at radius 3 is 2.29 bits per heavy atom. The van der Waals surface area contributed by atoms with Gasteiger partial charge in [-0.15, -0.1) is 11.3 Å². The summed E-state index contributed by atoms with van der Waals surface area (Å²) in [5.41, 5.74) is 2.19. The molecule has 1 amide bonds. The second kappa shape index (κ2) is 8.46. The number of carbonyl (C=O) groups excluding carboxylic acids is 2. The summed E-state index contributed by atoms with van der Waals surface area (Å²) >= 11 is 1.40. The van der Waals surface area contributed by atoms with E-state index in [4.69, 9.17) is 0 Å². The summed E-state index contributed by atoms with van der Waals surface area (Å²) in [5.74, 6) is -0.153. The van der Waals surface area contributed by atoms with Gasteiger partial charge >= 0.3 is 0 Å². The summed E-state index contributed by atoms with van der Waals surface area (Å²) in [5, 5.41) is 1.87. The number of thiophene rings is 1. The normalized spacial score (nSPS) is 14.8. The van der Waals surface area contributed by atoms with Gasteiger partial charge in [0.25, 0.3) is 5.91 Å². The Hall–Kier alpha value is -2.83. The van der Waals surface area contributed by atoms with Crippen molar-refractivity contribution < 1.29 is 9.59 Å². The summed E-state index contributed by atoms with van der Waals surface area (Å²) in [6.45, 7) is 3.80. The number of ketones is 1. The monoisotopic (exact) mass is 391 g/mol. The van der Waals surface area contributed by atoms with Gasteiger partial charge in [0.15, 0.2) is 0 Å². The molecule has 1 fully saturated rings. The fraction of sp³-hybridized carbons (Fsp3) is 0.227. The Bertz CT molecular complexity index is 949. The minimum atomic E-state index is -0.0877. The molecule has 0 spiro atoms. The fourth-order valence-electron chi connectivity index (χ4n) is 3.43. The maximum Gasteiger partial charge on any atom is 0.254 e. The van der Waals surface area contributed by atoms with Gasteiger partial charge in [0, 0.05) is 50.7 Å². The van der Waals surface area contributed by atoms with Crippen LogP contribution in [-0.2, 0) is 6.54 Å². The van der Waals surface area contributed by atoms with Gasteiger partial charge in [-0.2, -0.15) is 0 Å². The molecular weight excluding hydrogens is 370 g/mol. The molecule has 4 rings (SSSR count). The van der Waals surface area contributed by atoms with Crippen LogP contribution in [0.3, 0.4) is 0 Å². The molecular formula is C22H21N3O2S. The highest BCUT2D eigenvalue weighted by Crippen LogP contribution is 2.20. The van der Waals surface area contributed by atoms with Crippen LogP contribution in [0.25, 0.3) is 0 Å². The van der Waals surface area contributed by atoms with Crippen LogP contribution in [0.4, 0.5) is 0 Å². The molecule has 3 aromatic rings. The number of rotatable bonds is 5. The van der Waals surface area contributed by atoms with E-state index in [-0.39, 0.29) is 11.7 Å². The number of nitrogens with zero attached hydrogens (tertiary/aromatic N) is 3. The van der Waals surface area contributed by atoms with Crippen LogP contribution in [0, 0.1) is 0 Å². The van der Waals surface area contributed by atoms with E-state index >= 15 is 0 Å². The van der Waals surface area contributed by atoms with Crippen molar-refractivity contribution in [3.05, 3.63) is 87.9 Å². The number of amides is 1. The number of hydrogen-bond donors (Lipinski definition) is 0. The molecule has 28 heavy (non-hydrogen) atoms. The van der Waals surface area contributed by atoms with E-state index in [1.165, 1.54) is 16.9 Å². The highest BCUT2D eigenvalue weighted by molar-refractivity contribution is 7.12. The fourth-order valence-corrected chi connectivity index (χ4v) is 4.11. The summed E-state index contributed by atoms with van der Waals surface area (Å²) in [4.78, 5) is 34.8. The van der Waals surface area contributed by atoms with Crippen molar-refractivity contribution in [1.82, 2.24) is 14.8 Å². The first-order chi connectivity index (χ1) is 13.7. The van der Waals surface area contributed by atoms with Crippen LogP contribution in [-0.4, -0.2) is 52.7 Å². The molecule has 1 aliphatic rings. The number of hydrogen-bond acceptors (Lipinski definition) is 5. The number of piperazine rings is 1. The Balaban J connectivity index is 1.44. The van der Waals surface area contributed by atoms with Crippen molar-refractivity contribution >= 4 is 23.0 Å². The van der Waals surface area contributed by atoms with E-state index in [2.05, 4.69) is 9.88 Å². The van der Waals surface area contributed by atoms with Gasteiger partial charge in [-0.3, -0.25) is 19.5 Å². The lowest BCUT2D eigenvalue weighted by Gasteiger charge is -2.35. The van der Waals surface area contributed by atoms with Gasteiger partial charge in [-0.05, 0) is 35.2 Å². The largest absolute Gasteiger partial charge is 0.336 e. The van der Waals surface area contributed by atoms with Crippen molar-refractivity contribution in [1.29, 1.82) is 0 Å².